The van der Waals surface area contributed by atoms with Crippen LogP contribution in [0.1, 0.15) is 33.1 Å². The quantitative estimate of drug-likeness (QED) is 0.616. The summed E-state index contributed by atoms with van der Waals surface area (Å²) < 4.78 is 5.37. The highest BCUT2D eigenvalue weighted by atomic mass is 16.6. The zero-order chi connectivity index (χ0) is 15.4. The molecule has 1 fully saturated rings. The van der Waals surface area contributed by atoms with Gasteiger partial charge >= 0.3 is 5.69 Å². The lowest BCUT2D eigenvalue weighted by Crippen LogP contribution is -2.43. The van der Waals surface area contributed by atoms with Gasteiger partial charge in [-0.15, -0.1) is 0 Å². The number of ketones is 1. The first-order valence-corrected chi connectivity index (χ1v) is 7.23. The van der Waals surface area contributed by atoms with Gasteiger partial charge in [-0.05, 0) is 39.2 Å². The van der Waals surface area contributed by atoms with E-state index in [0.717, 1.165) is 31.5 Å². The van der Waals surface area contributed by atoms with Gasteiger partial charge in [0, 0.05) is 24.4 Å². The highest BCUT2D eigenvalue weighted by Crippen LogP contribution is 2.34. The molecule has 0 N–H and O–H groups in total. The lowest BCUT2D eigenvalue weighted by molar-refractivity contribution is -0.385. The molecular formula is C15H20N2O4. The molecule has 0 aromatic heterocycles. The van der Waals surface area contributed by atoms with Crippen LogP contribution in [-0.4, -0.2) is 29.9 Å². The predicted octanol–water partition coefficient (Wildman–Crippen LogP) is 2.94. The van der Waals surface area contributed by atoms with Crippen molar-refractivity contribution in [3.63, 3.8) is 0 Å². The fourth-order valence-corrected chi connectivity index (χ4v) is 2.77. The molecule has 0 bridgehead atoms. The molecule has 6 nitrogen and oxygen atoms in total. The van der Waals surface area contributed by atoms with Crippen LogP contribution in [0.25, 0.3) is 0 Å². The van der Waals surface area contributed by atoms with Crippen molar-refractivity contribution < 1.29 is 14.5 Å². The number of carbonyl (C=O) groups excluding carboxylic acids is 1. The highest BCUT2D eigenvalue weighted by molar-refractivity contribution is 5.85. The lowest BCUT2D eigenvalue weighted by atomic mass is 9.98. The first kappa shape index (κ1) is 15.3. The SMILES string of the molecule is CCOc1cc(N2CCCCC2C(C)=O)ccc1[N+](=O)[O-]. The summed E-state index contributed by atoms with van der Waals surface area (Å²) in [6.45, 7) is 4.53. The molecule has 0 saturated carbocycles. The van der Waals surface area contributed by atoms with E-state index in [9.17, 15) is 14.9 Å². The molecule has 0 radical (unpaired) electrons. The van der Waals surface area contributed by atoms with E-state index >= 15 is 0 Å². The number of nitrogens with zero attached hydrogens (tertiary/aromatic N) is 2. The molecule has 1 aromatic carbocycles. The Morgan fingerprint density at radius 3 is 2.86 bits per heavy atom. The van der Waals surface area contributed by atoms with Gasteiger partial charge in [-0.2, -0.15) is 0 Å². The van der Waals surface area contributed by atoms with E-state index in [4.69, 9.17) is 4.74 Å². The predicted molar refractivity (Wildman–Crippen MR) is 79.9 cm³/mol. The van der Waals surface area contributed by atoms with E-state index in [1.807, 2.05) is 4.90 Å². The summed E-state index contributed by atoms with van der Waals surface area (Å²) >= 11 is 0. The summed E-state index contributed by atoms with van der Waals surface area (Å²) in [6, 6.07) is 4.67. The number of hydrogen-bond donors (Lipinski definition) is 0. The van der Waals surface area contributed by atoms with Gasteiger partial charge in [0.05, 0.1) is 17.6 Å². The largest absolute Gasteiger partial charge is 0.487 e. The molecule has 1 heterocycles. The number of nitro benzene ring substituents is 1. The maximum atomic E-state index is 11.8. The molecule has 1 aromatic rings. The molecule has 1 saturated heterocycles. The topological polar surface area (TPSA) is 72.7 Å². The maximum Gasteiger partial charge on any atom is 0.311 e. The number of Topliss-reactive ketones (excluding diaryl/α,β-unsaturated/α-hetero) is 1. The molecule has 1 atom stereocenters. The highest BCUT2D eigenvalue weighted by Gasteiger charge is 2.27. The number of rotatable bonds is 5. The second-order valence-electron chi connectivity index (χ2n) is 5.16. The van der Waals surface area contributed by atoms with Crippen molar-refractivity contribution in [3.8, 4) is 5.75 Å². The Bertz CT molecular complexity index is 544. The van der Waals surface area contributed by atoms with Crippen molar-refractivity contribution in [1.29, 1.82) is 0 Å². The molecule has 0 aliphatic carbocycles. The molecule has 0 amide bonds. The number of ether oxygens (including phenoxy) is 1. The third-order valence-corrected chi connectivity index (χ3v) is 3.74. The van der Waals surface area contributed by atoms with Gasteiger partial charge in [0.2, 0.25) is 0 Å². The van der Waals surface area contributed by atoms with Gasteiger partial charge in [-0.25, -0.2) is 0 Å². The van der Waals surface area contributed by atoms with E-state index in [0.29, 0.717) is 6.61 Å². The Morgan fingerprint density at radius 2 is 2.24 bits per heavy atom. The third kappa shape index (κ3) is 3.32. The molecule has 1 aliphatic heterocycles. The van der Waals surface area contributed by atoms with Gasteiger partial charge in [0.15, 0.2) is 11.5 Å². The van der Waals surface area contributed by atoms with Crippen LogP contribution in [0.4, 0.5) is 11.4 Å². The normalized spacial score (nSPS) is 18.4. The summed E-state index contributed by atoms with van der Waals surface area (Å²) in [5.41, 5.74) is 0.765. The van der Waals surface area contributed by atoms with Crippen LogP contribution in [0.5, 0.6) is 5.75 Å². The van der Waals surface area contributed by atoms with Crippen LogP contribution in [-0.2, 0) is 4.79 Å². The molecule has 21 heavy (non-hydrogen) atoms. The summed E-state index contributed by atoms with van der Waals surface area (Å²) in [5, 5.41) is 11.0. The number of nitro groups is 1. The Labute approximate surface area is 123 Å². The van der Waals surface area contributed by atoms with Crippen LogP contribution in [0, 0.1) is 10.1 Å². The van der Waals surface area contributed by atoms with E-state index in [1.165, 1.54) is 6.07 Å². The van der Waals surface area contributed by atoms with E-state index in [-0.39, 0.29) is 23.3 Å². The second kappa shape index (κ2) is 6.56. The first-order valence-electron chi connectivity index (χ1n) is 7.23. The third-order valence-electron chi connectivity index (χ3n) is 3.74. The van der Waals surface area contributed by atoms with Gasteiger partial charge in [-0.1, -0.05) is 0 Å². The monoisotopic (exact) mass is 292 g/mol. The average Bonchev–Trinajstić information content (AvgIpc) is 2.47. The van der Waals surface area contributed by atoms with Crippen molar-refractivity contribution >= 4 is 17.2 Å². The Balaban J connectivity index is 2.36. The minimum Gasteiger partial charge on any atom is -0.487 e. The van der Waals surface area contributed by atoms with Crippen molar-refractivity contribution in [1.82, 2.24) is 0 Å². The molecule has 1 aliphatic rings. The number of hydrogen-bond acceptors (Lipinski definition) is 5. The molecule has 6 heteroatoms. The van der Waals surface area contributed by atoms with E-state index < -0.39 is 4.92 Å². The summed E-state index contributed by atoms with van der Waals surface area (Å²) in [6.07, 6.45) is 2.88. The van der Waals surface area contributed by atoms with Gasteiger partial charge in [0.25, 0.3) is 0 Å². The fraction of sp³-hybridized carbons (Fsp3) is 0.533. The molecule has 114 valence electrons. The van der Waals surface area contributed by atoms with Crippen LogP contribution in [0.2, 0.25) is 0 Å². The smallest absolute Gasteiger partial charge is 0.311 e. The second-order valence-corrected chi connectivity index (χ2v) is 5.16. The lowest BCUT2D eigenvalue weighted by Gasteiger charge is -2.36. The fourth-order valence-electron chi connectivity index (χ4n) is 2.77. The number of carbonyl (C=O) groups is 1. The molecular weight excluding hydrogens is 272 g/mol. The van der Waals surface area contributed by atoms with Crippen molar-refractivity contribution in [2.24, 2.45) is 0 Å². The van der Waals surface area contributed by atoms with Gasteiger partial charge in [0.1, 0.15) is 0 Å². The minimum atomic E-state index is -0.451. The summed E-state index contributed by atoms with van der Waals surface area (Å²) in [7, 11) is 0. The van der Waals surface area contributed by atoms with Gasteiger partial charge in [-0.3, -0.25) is 14.9 Å². The number of anilines is 1. The zero-order valence-electron chi connectivity index (χ0n) is 12.4. The Morgan fingerprint density at radius 1 is 1.48 bits per heavy atom. The molecule has 0 spiro atoms. The Hall–Kier alpha value is -2.11. The Kier molecular flexibility index (Phi) is 4.77. The standard InChI is InChI=1S/C15H20N2O4/c1-3-21-15-10-12(7-8-14(15)17(19)20)16-9-5-4-6-13(16)11(2)18/h7-8,10,13H,3-6,9H2,1-2H3. The average molecular weight is 292 g/mol. The maximum absolute atomic E-state index is 11.8. The summed E-state index contributed by atoms with van der Waals surface area (Å²) in [5.74, 6) is 0.388. The molecule has 2 rings (SSSR count). The van der Waals surface area contributed by atoms with Crippen LogP contribution >= 0.6 is 0 Å². The van der Waals surface area contributed by atoms with Crippen LogP contribution in [0.15, 0.2) is 18.2 Å². The summed E-state index contributed by atoms with van der Waals surface area (Å²) in [4.78, 5) is 24.4. The van der Waals surface area contributed by atoms with Crippen molar-refractivity contribution in [2.75, 3.05) is 18.1 Å². The first-order chi connectivity index (χ1) is 10.0. The van der Waals surface area contributed by atoms with Gasteiger partial charge < -0.3 is 9.64 Å². The number of piperidine rings is 1. The van der Waals surface area contributed by atoms with Crippen molar-refractivity contribution in [3.05, 3.63) is 28.3 Å². The van der Waals surface area contributed by atoms with Crippen molar-refractivity contribution in [2.45, 2.75) is 39.2 Å². The van der Waals surface area contributed by atoms with Crippen LogP contribution < -0.4 is 9.64 Å². The minimum absolute atomic E-state index is 0.0445. The van der Waals surface area contributed by atoms with E-state index in [1.54, 1.807) is 26.0 Å². The zero-order valence-corrected chi connectivity index (χ0v) is 12.4. The van der Waals surface area contributed by atoms with E-state index in [2.05, 4.69) is 0 Å². The number of benzene rings is 1. The van der Waals surface area contributed by atoms with Crippen LogP contribution in [0.3, 0.4) is 0 Å². The molecule has 1 unspecified atom stereocenters.